The van der Waals surface area contributed by atoms with Gasteiger partial charge in [0.25, 0.3) is 0 Å². The normalized spacial score (nSPS) is 16.5. The second-order valence-electron chi connectivity index (χ2n) is 8.57. The number of aryl methyl sites for hydroxylation is 2. The van der Waals surface area contributed by atoms with Gasteiger partial charge in [-0.25, -0.2) is 4.79 Å². The average molecular weight is 401 g/mol. The molecule has 2 aromatic carbocycles. The zero-order chi connectivity index (χ0) is 20.5. The van der Waals surface area contributed by atoms with E-state index in [1.807, 2.05) is 12.3 Å². The van der Waals surface area contributed by atoms with E-state index >= 15 is 0 Å². The van der Waals surface area contributed by atoms with Gasteiger partial charge in [0.15, 0.2) is 0 Å². The van der Waals surface area contributed by atoms with Crippen molar-refractivity contribution in [3.8, 4) is 0 Å². The van der Waals surface area contributed by atoms with E-state index in [9.17, 15) is 9.90 Å². The lowest BCUT2D eigenvalue weighted by atomic mass is 9.82. The Kier molecular flexibility index (Phi) is 5.17. The summed E-state index contributed by atoms with van der Waals surface area (Å²) >= 11 is 0. The lowest BCUT2D eigenvalue weighted by Gasteiger charge is -2.34. The quantitative estimate of drug-likeness (QED) is 0.553. The minimum atomic E-state index is -0.854. The number of fused-ring (bicyclic) bond motifs is 3. The Labute approximate surface area is 177 Å². The molecule has 4 nitrogen and oxygen atoms in total. The van der Waals surface area contributed by atoms with Gasteiger partial charge in [-0.3, -0.25) is 4.90 Å². The smallest absolute Gasteiger partial charge is 0.336 e. The van der Waals surface area contributed by atoms with Crippen LogP contribution in [-0.4, -0.2) is 40.6 Å². The number of aromatic nitrogens is 1. The summed E-state index contributed by atoms with van der Waals surface area (Å²) in [6.45, 7) is 3.37. The average Bonchev–Trinajstić information content (AvgIpc) is 3.19. The van der Waals surface area contributed by atoms with Crippen molar-refractivity contribution in [2.24, 2.45) is 0 Å². The van der Waals surface area contributed by atoms with E-state index < -0.39 is 5.97 Å². The number of carboxylic acid groups (broad SMARTS) is 1. The van der Waals surface area contributed by atoms with E-state index in [1.165, 1.54) is 24.0 Å². The molecule has 1 aliphatic carbocycles. The van der Waals surface area contributed by atoms with Gasteiger partial charge in [-0.2, -0.15) is 0 Å². The third-order valence-corrected chi connectivity index (χ3v) is 6.75. The molecule has 0 amide bonds. The fourth-order valence-electron chi connectivity index (χ4n) is 5.24. The topological polar surface area (TPSA) is 56.3 Å². The number of nitrogens with zero attached hydrogens (tertiary/aromatic N) is 1. The summed E-state index contributed by atoms with van der Waals surface area (Å²) in [7, 11) is 0. The molecule has 0 saturated heterocycles. The molecule has 0 saturated carbocycles. The second-order valence-corrected chi connectivity index (χ2v) is 8.57. The van der Waals surface area contributed by atoms with Crippen molar-refractivity contribution < 1.29 is 9.90 Å². The molecule has 154 valence electrons. The van der Waals surface area contributed by atoms with Gasteiger partial charge in [0.1, 0.15) is 0 Å². The van der Waals surface area contributed by atoms with Crippen molar-refractivity contribution in [1.29, 1.82) is 0 Å². The summed E-state index contributed by atoms with van der Waals surface area (Å²) in [4.78, 5) is 17.4. The van der Waals surface area contributed by atoms with Crippen LogP contribution < -0.4 is 0 Å². The van der Waals surface area contributed by atoms with E-state index in [0.717, 1.165) is 61.8 Å². The van der Waals surface area contributed by atoms with Crippen LogP contribution in [0.4, 0.5) is 0 Å². The van der Waals surface area contributed by atoms with E-state index in [-0.39, 0.29) is 0 Å². The third-order valence-electron chi connectivity index (χ3n) is 6.75. The third kappa shape index (κ3) is 3.56. The highest BCUT2D eigenvalue weighted by Crippen LogP contribution is 2.36. The highest BCUT2D eigenvalue weighted by atomic mass is 16.4. The van der Waals surface area contributed by atoms with Gasteiger partial charge >= 0.3 is 5.97 Å². The first-order valence-corrected chi connectivity index (χ1v) is 11.0. The summed E-state index contributed by atoms with van der Waals surface area (Å²) in [6.07, 6.45) is 8.66. The minimum Gasteiger partial charge on any atom is -0.478 e. The van der Waals surface area contributed by atoms with Crippen molar-refractivity contribution >= 4 is 22.4 Å². The molecule has 0 atom stereocenters. The number of benzene rings is 2. The van der Waals surface area contributed by atoms with Crippen molar-refractivity contribution in [2.75, 3.05) is 19.6 Å². The highest BCUT2D eigenvalue weighted by molar-refractivity contribution is 6.04. The molecule has 0 unspecified atom stereocenters. The Hall–Kier alpha value is -2.85. The predicted molar refractivity (Wildman–Crippen MR) is 121 cm³/mol. The first kappa shape index (κ1) is 19.1. The number of H-pyrrole nitrogens is 1. The molecule has 1 aromatic heterocycles. The van der Waals surface area contributed by atoms with Gasteiger partial charge in [-0.1, -0.05) is 35.9 Å². The molecule has 3 aromatic rings. The highest BCUT2D eigenvalue weighted by Gasteiger charge is 2.24. The number of hydrogen-bond donors (Lipinski definition) is 2. The number of aromatic carboxylic acids is 1. The molecule has 0 fully saturated rings. The Morgan fingerprint density at radius 2 is 1.93 bits per heavy atom. The SMILES string of the molecule is O=C(O)c1cccc2[nH]cc(CCCCN3CCC4=C(CCc5ccccc54)C3)c12. The van der Waals surface area contributed by atoms with E-state index in [4.69, 9.17) is 0 Å². The Morgan fingerprint density at radius 1 is 1.03 bits per heavy atom. The summed E-state index contributed by atoms with van der Waals surface area (Å²) in [5.74, 6) is -0.854. The van der Waals surface area contributed by atoms with Crippen LogP contribution in [0.1, 0.15) is 52.7 Å². The Bertz CT molecular complexity index is 1130. The molecule has 1 aliphatic heterocycles. The number of carboxylic acids is 1. The maximum atomic E-state index is 11.6. The molecule has 0 bridgehead atoms. The zero-order valence-corrected chi connectivity index (χ0v) is 17.3. The lowest BCUT2D eigenvalue weighted by molar-refractivity contribution is 0.0699. The number of carbonyl (C=O) groups is 1. The molecular weight excluding hydrogens is 372 g/mol. The van der Waals surface area contributed by atoms with E-state index in [1.54, 1.807) is 23.3 Å². The van der Waals surface area contributed by atoms with Gasteiger partial charge in [0.2, 0.25) is 0 Å². The fraction of sp³-hybridized carbons (Fsp3) is 0.346. The van der Waals surface area contributed by atoms with Crippen molar-refractivity contribution in [3.63, 3.8) is 0 Å². The number of unbranched alkanes of at least 4 members (excludes halogenated alkanes) is 1. The van der Waals surface area contributed by atoms with Gasteiger partial charge in [-0.05, 0) is 79.5 Å². The molecular formula is C26H28N2O2. The van der Waals surface area contributed by atoms with Crippen LogP contribution in [0.15, 0.2) is 54.2 Å². The minimum absolute atomic E-state index is 0.400. The van der Waals surface area contributed by atoms with Crippen LogP contribution in [0.25, 0.3) is 16.5 Å². The maximum absolute atomic E-state index is 11.6. The molecule has 30 heavy (non-hydrogen) atoms. The van der Waals surface area contributed by atoms with Gasteiger partial charge in [0.05, 0.1) is 5.56 Å². The molecule has 4 heteroatoms. The maximum Gasteiger partial charge on any atom is 0.336 e. The molecule has 2 heterocycles. The number of hydrogen-bond acceptors (Lipinski definition) is 2. The number of aromatic amines is 1. The van der Waals surface area contributed by atoms with Crippen molar-refractivity contribution in [2.45, 2.75) is 38.5 Å². The molecule has 2 N–H and O–H groups in total. The first-order chi connectivity index (χ1) is 14.7. The van der Waals surface area contributed by atoms with Crippen molar-refractivity contribution in [3.05, 3.63) is 76.5 Å². The fourth-order valence-corrected chi connectivity index (χ4v) is 5.24. The van der Waals surface area contributed by atoms with Crippen LogP contribution in [0.2, 0.25) is 0 Å². The van der Waals surface area contributed by atoms with E-state index in [2.05, 4.69) is 34.1 Å². The zero-order valence-electron chi connectivity index (χ0n) is 17.3. The summed E-state index contributed by atoms with van der Waals surface area (Å²) < 4.78 is 0. The Morgan fingerprint density at radius 3 is 2.83 bits per heavy atom. The van der Waals surface area contributed by atoms with Crippen LogP contribution >= 0.6 is 0 Å². The summed E-state index contributed by atoms with van der Waals surface area (Å²) in [5, 5.41) is 10.4. The Balaban J connectivity index is 1.19. The van der Waals surface area contributed by atoms with Crippen LogP contribution in [0.3, 0.4) is 0 Å². The van der Waals surface area contributed by atoms with Gasteiger partial charge in [-0.15, -0.1) is 0 Å². The molecule has 2 aliphatic rings. The van der Waals surface area contributed by atoms with Gasteiger partial charge < -0.3 is 10.1 Å². The number of nitrogens with one attached hydrogen (secondary N) is 1. The molecule has 0 spiro atoms. The van der Waals surface area contributed by atoms with Crippen molar-refractivity contribution in [1.82, 2.24) is 9.88 Å². The summed E-state index contributed by atoms with van der Waals surface area (Å²) in [6, 6.07) is 14.4. The van der Waals surface area contributed by atoms with Gasteiger partial charge in [0, 0.05) is 30.2 Å². The number of rotatable bonds is 6. The first-order valence-electron chi connectivity index (χ1n) is 11.0. The summed E-state index contributed by atoms with van der Waals surface area (Å²) in [5.41, 5.74) is 8.69. The lowest BCUT2D eigenvalue weighted by Crippen LogP contribution is -2.33. The van der Waals surface area contributed by atoms with Crippen LogP contribution in [-0.2, 0) is 12.8 Å². The molecule has 5 rings (SSSR count). The predicted octanol–water partition coefficient (Wildman–Crippen LogP) is 5.29. The monoisotopic (exact) mass is 400 g/mol. The standard InChI is InChI=1S/C26H28N2O2/c29-26(30)23-9-5-10-24-25(23)19(16-27-24)7-3-4-14-28-15-13-22-20(17-28)12-11-18-6-1-2-8-21(18)22/h1-2,5-6,8-10,16,27H,3-4,7,11-15,17H2,(H,29,30). The van der Waals surface area contributed by atoms with Crippen LogP contribution in [0.5, 0.6) is 0 Å². The van der Waals surface area contributed by atoms with E-state index in [0.29, 0.717) is 5.56 Å². The second kappa shape index (κ2) is 8.11. The molecule has 0 radical (unpaired) electrons. The van der Waals surface area contributed by atoms with Crippen LogP contribution in [0, 0.1) is 0 Å². The largest absolute Gasteiger partial charge is 0.478 e.